The highest BCUT2D eigenvalue weighted by molar-refractivity contribution is 7.90. The molecule has 0 fully saturated rings. The van der Waals surface area contributed by atoms with Gasteiger partial charge in [0.05, 0.1) is 24.2 Å². The summed E-state index contributed by atoms with van der Waals surface area (Å²) in [7, 11) is -3.89. The Morgan fingerprint density at radius 1 is 0.884 bits per heavy atom. The number of sulfone groups is 1. The Bertz CT molecular complexity index is 1670. The van der Waals surface area contributed by atoms with E-state index in [1.54, 1.807) is 98.8 Å². The van der Waals surface area contributed by atoms with Gasteiger partial charge in [-0.05, 0) is 31.0 Å². The number of hydrogen-bond acceptors (Lipinski definition) is 8. The molecule has 0 aliphatic rings. The van der Waals surface area contributed by atoms with Gasteiger partial charge in [0, 0.05) is 5.56 Å². The largest absolute Gasteiger partial charge is 0.448 e. The summed E-state index contributed by atoms with van der Waals surface area (Å²) in [6.07, 6.45) is -0.743. The molecule has 2 amide bonds. The van der Waals surface area contributed by atoms with E-state index in [2.05, 4.69) is 20.6 Å². The molecule has 0 aliphatic carbocycles. The van der Waals surface area contributed by atoms with Gasteiger partial charge in [-0.25, -0.2) is 18.2 Å². The van der Waals surface area contributed by atoms with Crippen molar-refractivity contribution >= 4 is 44.6 Å². The van der Waals surface area contributed by atoms with Crippen LogP contribution in [-0.2, 0) is 25.1 Å². The Morgan fingerprint density at radius 2 is 1.53 bits per heavy atom. The van der Waals surface area contributed by atoms with E-state index in [1.807, 2.05) is 0 Å². The number of ether oxygens (including phenoxy) is 1. The molecule has 0 aliphatic heterocycles. The highest BCUT2D eigenvalue weighted by atomic mass is 32.2. The maximum Gasteiger partial charge on any atom is 0.435 e. The van der Waals surface area contributed by atoms with Crippen LogP contribution in [0.1, 0.15) is 42.1 Å². The van der Waals surface area contributed by atoms with E-state index in [1.165, 1.54) is 0 Å². The van der Waals surface area contributed by atoms with Gasteiger partial charge in [-0.15, -0.1) is 0 Å². The number of amidine groups is 1. The SMILES string of the molecule is CCOC(=O)N=C(N[C@@H](CS(=O)(=O)Cc1ccccc1)C(=O)N[C@@H](CC)C(=O)c1nc2ccccc2o1)c1ccccc1. The number of ketones is 1. The Balaban J connectivity index is 1.64. The lowest BCUT2D eigenvalue weighted by Crippen LogP contribution is -2.54. The molecule has 224 valence electrons. The molecule has 1 aromatic heterocycles. The molecule has 3 aromatic carbocycles. The minimum absolute atomic E-state index is 0.0626. The molecule has 0 saturated carbocycles. The normalized spacial score (nSPS) is 13.2. The highest BCUT2D eigenvalue weighted by Crippen LogP contribution is 2.17. The molecule has 12 heteroatoms. The number of nitrogens with zero attached hydrogens (tertiary/aromatic N) is 2. The fraction of sp³-hybridized carbons (Fsp3) is 0.258. The van der Waals surface area contributed by atoms with Crippen molar-refractivity contribution in [3.8, 4) is 0 Å². The lowest BCUT2D eigenvalue weighted by Gasteiger charge is -2.23. The van der Waals surface area contributed by atoms with Crippen LogP contribution in [0, 0.1) is 0 Å². The van der Waals surface area contributed by atoms with Crippen molar-refractivity contribution < 1.29 is 32.0 Å². The lowest BCUT2D eigenvalue weighted by molar-refractivity contribution is -0.122. The number of amides is 2. The summed E-state index contributed by atoms with van der Waals surface area (Å²) in [5.41, 5.74) is 1.87. The topological polar surface area (TPSA) is 157 Å². The first-order valence-corrected chi connectivity index (χ1v) is 15.5. The van der Waals surface area contributed by atoms with Gasteiger partial charge in [-0.1, -0.05) is 79.7 Å². The summed E-state index contributed by atoms with van der Waals surface area (Å²) in [5.74, 6) is -2.58. The first kappa shape index (κ1) is 31.1. The minimum atomic E-state index is -3.89. The summed E-state index contributed by atoms with van der Waals surface area (Å²) in [6.45, 7) is 3.38. The van der Waals surface area contributed by atoms with Crippen molar-refractivity contribution in [2.75, 3.05) is 12.4 Å². The first-order chi connectivity index (χ1) is 20.7. The van der Waals surface area contributed by atoms with Gasteiger partial charge >= 0.3 is 6.09 Å². The van der Waals surface area contributed by atoms with E-state index in [9.17, 15) is 22.8 Å². The number of nitrogens with one attached hydrogen (secondary N) is 2. The lowest BCUT2D eigenvalue weighted by atomic mass is 10.1. The zero-order chi connectivity index (χ0) is 30.8. The van der Waals surface area contributed by atoms with Crippen molar-refractivity contribution in [3.05, 3.63) is 102 Å². The van der Waals surface area contributed by atoms with Crippen molar-refractivity contribution in [2.24, 2.45) is 4.99 Å². The minimum Gasteiger partial charge on any atom is -0.448 e. The van der Waals surface area contributed by atoms with Crippen LogP contribution in [0.2, 0.25) is 0 Å². The van der Waals surface area contributed by atoms with E-state index >= 15 is 0 Å². The van der Waals surface area contributed by atoms with Crippen LogP contribution in [0.5, 0.6) is 0 Å². The smallest absolute Gasteiger partial charge is 0.435 e. The molecule has 0 saturated heterocycles. The number of aromatic nitrogens is 1. The molecule has 0 spiro atoms. The number of fused-ring (bicyclic) bond motifs is 1. The zero-order valence-corrected chi connectivity index (χ0v) is 24.5. The third-order valence-corrected chi connectivity index (χ3v) is 7.96. The van der Waals surface area contributed by atoms with Crippen molar-refractivity contribution in [3.63, 3.8) is 0 Å². The van der Waals surface area contributed by atoms with E-state index in [0.717, 1.165) is 0 Å². The fourth-order valence-corrected chi connectivity index (χ4v) is 5.82. The molecule has 4 aromatic rings. The van der Waals surface area contributed by atoms with Crippen LogP contribution in [0.25, 0.3) is 11.1 Å². The number of oxazole rings is 1. The molecule has 2 atom stereocenters. The van der Waals surface area contributed by atoms with Gasteiger partial charge in [0.1, 0.15) is 17.4 Å². The van der Waals surface area contributed by atoms with Crippen LogP contribution in [0.4, 0.5) is 4.79 Å². The number of para-hydroxylation sites is 2. The fourth-order valence-electron chi connectivity index (χ4n) is 4.26. The summed E-state index contributed by atoms with van der Waals surface area (Å²) in [5, 5.41) is 5.48. The number of Topliss-reactive ketones (excluding diaryl/α,β-unsaturated/α-hetero) is 1. The molecule has 0 unspecified atom stereocenters. The molecule has 0 radical (unpaired) electrons. The van der Waals surface area contributed by atoms with Crippen LogP contribution >= 0.6 is 0 Å². The van der Waals surface area contributed by atoms with E-state index in [4.69, 9.17) is 9.15 Å². The van der Waals surface area contributed by atoms with Crippen LogP contribution in [0.15, 0.2) is 94.3 Å². The molecule has 4 rings (SSSR count). The molecule has 1 heterocycles. The van der Waals surface area contributed by atoms with Gasteiger partial charge in [-0.3, -0.25) is 9.59 Å². The van der Waals surface area contributed by atoms with Gasteiger partial charge in [0.25, 0.3) is 5.89 Å². The van der Waals surface area contributed by atoms with E-state index in [0.29, 0.717) is 22.2 Å². The number of carbonyl (C=O) groups excluding carboxylic acids is 3. The molecule has 0 bridgehead atoms. The van der Waals surface area contributed by atoms with Gasteiger partial charge in [0.2, 0.25) is 11.7 Å². The first-order valence-electron chi connectivity index (χ1n) is 13.7. The van der Waals surface area contributed by atoms with Gasteiger partial charge in [-0.2, -0.15) is 4.99 Å². The number of aliphatic imine (C=N–C) groups is 1. The summed E-state index contributed by atoms with van der Waals surface area (Å²) in [4.78, 5) is 47.5. The Labute approximate surface area is 249 Å². The number of rotatable bonds is 12. The molecular formula is C31H32N4O7S. The highest BCUT2D eigenvalue weighted by Gasteiger charge is 2.32. The third-order valence-electron chi connectivity index (χ3n) is 6.34. The molecule has 43 heavy (non-hydrogen) atoms. The second-order valence-electron chi connectivity index (χ2n) is 9.58. The molecule has 2 N–H and O–H groups in total. The van der Waals surface area contributed by atoms with Crippen molar-refractivity contribution in [2.45, 2.75) is 38.1 Å². The predicted molar refractivity (Wildman–Crippen MR) is 161 cm³/mol. The van der Waals surface area contributed by atoms with Crippen LogP contribution in [-0.4, -0.2) is 61.5 Å². The Hall–Kier alpha value is -4.84. The average molecular weight is 605 g/mol. The van der Waals surface area contributed by atoms with E-state index in [-0.39, 0.29) is 30.5 Å². The standard InChI is InChI=1S/C31H32N4O7S/c1-3-23(27(36)30-34-24-17-11-12-18-26(24)42-30)33-29(37)25(20-43(39,40)19-21-13-7-5-8-14-21)32-28(35-31(38)41-4-2)22-15-9-6-10-16-22/h5-18,23,25H,3-4,19-20H2,1-2H3,(H,33,37)(H,32,35,38)/t23-,25-/m0/s1. The number of hydrogen-bond donors (Lipinski definition) is 2. The molecule has 11 nitrogen and oxygen atoms in total. The van der Waals surface area contributed by atoms with Gasteiger partial charge < -0.3 is 19.8 Å². The average Bonchev–Trinajstić information content (AvgIpc) is 3.44. The maximum atomic E-state index is 13.7. The third kappa shape index (κ3) is 8.58. The second kappa shape index (κ2) is 14.4. The quantitative estimate of drug-likeness (QED) is 0.138. The number of carbonyl (C=O) groups is 3. The zero-order valence-electron chi connectivity index (χ0n) is 23.7. The summed E-state index contributed by atoms with van der Waals surface area (Å²) < 4.78 is 37.2. The number of benzene rings is 3. The summed E-state index contributed by atoms with van der Waals surface area (Å²) in [6, 6.07) is 21.3. The van der Waals surface area contributed by atoms with E-state index < -0.39 is 45.5 Å². The maximum absolute atomic E-state index is 13.7. The van der Waals surface area contributed by atoms with Crippen molar-refractivity contribution in [1.82, 2.24) is 15.6 Å². The van der Waals surface area contributed by atoms with Crippen LogP contribution in [0.3, 0.4) is 0 Å². The Kier molecular flexibility index (Phi) is 10.4. The monoisotopic (exact) mass is 604 g/mol. The Morgan fingerprint density at radius 3 is 2.19 bits per heavy atom. The molecular weight excluding hydrogens is 572 g/mol. The predicted octanol–water partition coefficient (Wildman–Crippen LogP) is 4.08. The van der Waals surface area contributed by atoms with Crippen LogP contribution < -0.4 is 10.6 Å². The van der Waals surface area contributed by atoms with Gasteiger partial charge in [0.15, 0.2) is 15.4 Å². The second-order valence-corrected chi connectivity index (χ2v) is 11.7. The summed E-state index contributed by atoms with van der Waals surface area (Å²) >= 11 is 0. The van der Waals surface area contributed by atoms with Crippen molar-refractivity contribution in [1.29, 1.82) is 0 Å².